The molecule has 1 heterocycles. The van der Waals surface area contributed by atoms with Crippen LogP contribution >= 0.6 is 11.8 Å². The van der Waals surface area contributed by atoms with E-state index in [-0.39, 0.29) is 0 Å². The molecule has 2 aromatic rings. The lowest BCUT2D eigenvalue weighted by atomic mass is 10.2. The van der Waals surface area contributed by atoms with Gasteiger partial charge in [0.1, 0.15) is 0 Å². The lowest BCUT2D eigenvalue weighted by Gasteiger charge is -2.04. The highest BCUT2D eigenvalue weighted by Crippen LogP contribution is 2.26. The third-order valence-electron chi connectivity index (χ3n) is 2.12. The number of nitrogens with two attached hydrogens (primary N) is 1. The molecule has 1 aromatic carbocycles. The van der Waals surface area contributed by atoms with Gasteiger partial charge in [0.25, 0.3) is 0 Å². The van der Waals surface area contributed by atoms with Gasteiger partial charge in [-0.1, -0.05) is 0 Å². The molecule has 0 spiro atoms. The fourth-order valence-corrected chi connectivity index (χ4v) is 2.22. The van der Waals surface area contributed by atoms with Crippen molar-refractivity contribution in [1.29, 1.82) is 0 Å². The Morgan fingerprint density at radius 1 is 1.31 bits per heavy atom. The zero-order valence-electron chi connectivity index (χ0n) is 9.23. The summed E-state index contributed by atoms with van der Waals surface area (Å²) in [6, 6.07) is 5.87. The van der Waals surface area contributed by atoms with Crippen LogP contribution in [0.5, 0.6) is 0 Å². The maximum atomic E-state index is 5.69. The summed E-state index contributed by atoms with van der Waals surface area (Å²) in [4.78, 5) is 1.19. The predicted octanol–water partition coefficient (Wildman–Crippen LogP) is 2.56. The predicted molar refractivity (Wildman–Crippen MR) is 64.2 cm³/mol. The van der Waals surface area contributed by atoms with E-state index >= 15 is 0 Å². The van der Waals surface area contributed by atoms with Crippen molar-refractivity contribution in [2.24, 2.45) is 0 Å². The number of nitrogens with zero attached hydrogens (tertiary/aromatic N) is 2. The van der Waals surface area contributed by atoms with E-state index in [1.165, 1.54) is 10.5 Å². The van der Waals surface area contributed by atoms with E-state index < -0.39 is 0 Å². The molecule has 2 rings (SSSR count). The SMILES string of the molecule is Cc1nnc(CSc2ccc(N)cc2C)o1. The van der Waals surface area contributed by atoms with Crippen molar-refractivity contribution in [2.45, 2.75) is 24.5 Å². The minimum absolute atomic E-state index is 0.602. The summed E-state index contributed by atoms with van der Waals surface area (Å²) in [7, 11) is 0. The van der Waals surface area contributed by atoms with Crippen LogP contribution in [-0.2, 0) is 5.75 Å². The van der Waals surface area contributed by atoms with Gasteiger partial charge in [-0.3, -0.25) is 0 Å². The molecule has 0 atom stereocenters. The van der Waals surface area contributed by atoms with Gasteiger partial charge >= 0.3 is 0 Å². The van der Waals surface area contributed by atoms with Crippen molar-refractivity contribution in [3.8, 4) is 0 Å². The van der Waals surface area contributed by atoms with Gasteiger partial charge in [0, 0.05) is 17.5 Å². The number of aryl methyl sites for hydroxylation is 2. The molecule has 0 aliphatic carbocycles. The van der Waals surface area contributed by atoms with Crippen LogP contribution in [0.1, 0.15) is 17.3 Å². The minimum Gasteiger partial charge on any atom is -0.425 e. The van der Waals surface area contributed by atoms with E-state index in [9.17, 15) is 0 Å². The number of nitrogen functional groups attached to an aromatic ring is 1. The first kappa shape index (κ1) is 11.0. The van der Waals surface area contributed by atoms with Gasteiger partial charge in [0.15, 0.2) is 0 Å². The molecular weight excluding hydrogens is 222 g/mol. The van der Waals surface area contributed by atoms with E-state index in [1.807, 2.05) is 25.1 Å². The summed E-state index contributed by atoms with van der Waals surface area (Å²) in [5.74, 6) is 1.94. The Kier molecular flexibility index (Phi) is 3.14. The highest BCUT2D eigenvalue weighted by Gasteiger charge is 2.05. The number of hydrogen-bond donors (Lipinski definition) is 1. The molecular formula is C11H13N3OS. The second-order valence-electron chi connectivity index (χ2n) is 3.53. The van der Waals surface area contributed by atoms with Crippen LogP contribution in [0.3, 0.4) is 0 Å². The highest BCUT2D eigenvalue weighted by atomic mass is 32.2. The third-order valence-corrected chi connectivity index (χ3v) is 3.28. The lowest BCUT2D eigenvalue weighted by Crippen LogP contribution is -1.88. The molecule has 0 bridgehead atoms. The third kappa shape index (κ3) is 2.55. The fraction of sp³-hybridized carbons (Fsp3) is 0.273. The monoisotopic (exact) mass is 235 g/mol. The number of hydrogen-bond acceptors (Lipinski definition) is 5. The van der Waals surface area contributed by atoms with Gasteiger partial charge in [0.2, 0.25) is 11.8 Å². The van der Waals surface area contributed by atoms with Crippen LogP contribution in [-0.4, -0.2) is 10.2 Å². The van der Waals surface area contributed by atoms with Crippen molar-refractivity contribution < 1.29 is 4.42 Å². The molecule has 0 unspecified atom stereocenters. The first-order valence-electron chi connectivity index (χ1n) is 4.93. The molecule has 0 saturated carbocycles. The van der Waals surface area contributed by atoms with Crippen molar-refractivity contribution in [1.82, 2.24) is 10.2 Å². The number of benzene rings is 1. The van der Waals surface area contributed by atoms with Crippen molar-refractivity contribution >= 4 is 17.4 Å². The smallest absolute Gasteiger partial charge is 0.226 e. The largest absolute Gasteiger partial charge is 0.425 e. The van der Waals surface area contributed by atoms with Gasteiger partial charge in [-0.2, -0.15) is 0 Å². The van der Waals surface area contributed by atoms with Crippen molar-refractivity contribution in [2.75, 3.05) is 5.73 Å². The zero-order chi connectivity index (χ0) is 11.5. The van der Waals surface area contributed by atoms with Crippen LogP contribution in [0.15, 0.2) is 27.5 Å². The maximum Gasteiger partial charge on any atom is 0.226 e. The highest BCUT2D eigenvalue weighted by molar-refractivity contribution is 7.98. The molecule has 2 N–H and O–H groups in total. The first-order chi connectivity index (χ1) is 7.65. The summed E-state index contributed by atoms with van der Waals surface area (Å²) in [5, 5.41) is 7.73. The average Bonchev–Trinajstić information content (AvgIpc) is 2.63. The fourth-order valence-electron chi connectivity index (χ4n) is 1.37. The minimum atomic E-state index is 0.602. The van der Waals surface area contributed by atoms with E-state index in [0.717, 1.165) is 5.69 Å². The number of aromatic nitrogens is 2. The molecule has 0 fully saturated rings. The van der Waals surface area contributed by atoms with E-state index in [1.54, 1.807) is 18.7 Å². The molecule has 1 aromatic heterocycles. The average molecular weight is 235 g/mol. The van der Waals surface area contributed by atoms with Gasteiger partial charge in [-0.15, -0.1) is 22.0 Å². The Morgan fingerprint density at radius 2 is 2.12 bits per heavy atom. The second-order valence-corrected chi connectivity index (χ2v) is 4.55. The maximum absolute atomic E-state index is 5.69. The Hall–Kier alpha value is -1.49. The van der Waals surface area contributed by atoms with Gasteiger partial charge < -0.3 is 10.2 Å². The molecule has 84 valence electrons. The van der Waals surface area contributed by atoms with Crippen LogP contribution < -0.4 is 5.73 Å². The molecule has 0 radical (unpaired) electrons. The Morgan fingerprint density at radius 3 is 2.75 bits per heavy atom. The van der Waals surface area contributed by atoms with Gasteiger partial charge in [-0.05, 0) is 30.7 Å². The normalized spacial score (nSPS) is 10.6. The van der Waals surface area contributed by atoms with Crippen molar-refractivity contribution in [3.05, 3.63) is 35.5 Å². The Balaban J connectivity index is 2.04. The van der Waals surface area contributed by atoms with Gasteiger partial charge in [-0.25, -0.2) is 0 Å². The molecule has 5 heteroatoms. The van der Waals surface area contributed by atoms with Crippen LogP contribution in [0.2, 0.25) is 0 Å². The van der Waals surface area contributed by atoms with Crippen molar-refractivity contribution in [3.63, 3.8) is 0 Å². The molecule has 0 saturated heterocycles. The molecule has 0 aliphatic rings. The lowest BCUT2D eigenvalue weighted by molar-refractivity contribution is 0.485. The zero-order valence-corrected chi connectivity index (χ0v) is 10.0. The number of thioether (sulfide) groups is 1. The number of rotatable bonds is 3. The Bertz CT molecular complexity index is 496. The summed E-state index contributed by atoms with van der Waals surface area (Å²) >= 11 is 1.67. The summed E-state index contributed by atoms with van der Waals surface area (Å²) in [6.45, 7) is 3.83. The van der Waals surface area contributed by atoms with E-state index in [4.69, 9.17) is 10.2 Å². The van der Waals surface area contributed by atoms with Gasteiger partial charge in [0.05, 0.1) is 5.75 Å². The van der Waals surface area contributed by atoms with E-state index in [2.05, 4.69) is 10.2 Å². The quantitative estimate of drug-likeness (QED) is 0.654. The standard InChI is InChI=1S/C11H13N3OS/c1-7-5-9(12)3-4-10(7)16-6-11-14-13-8(2)15-11/h3-5H,6,12H2,1-2H3. The molecule has 0 aliphatic heterocycles. The molecule has 16 heavy (non-hydrogen) atoms. The summed E-state index contributed by atoms with van der Waals surface area (Å²) in [6.07, 6.45) is 0. The summed E-state index contributed by atoms with van der Waals surface area (Å²) in [5.41, 5.74) is 7.64. The Labute approximate surface area is 98.2 Å². The summed E-state index contributed by atoms with van der Waals surface area (Å²) < 4.78 is 5.30. The van der Waals surface area contributed by atoms with Crippen LogP contribution in [0.4, 0.5) is 5.69 Å². The van der Waals surface area contributed by atoms with E-state index in [0.29, 0.717) is 17.5 Å². The second kappa shape index (κ2) is 4.57. The molecule has 0 amide bonds. The van der Waals surface area contributed by atoms with Crippen LogP contribution in [0, 0.1) is 13.8 Å². The van der Waals surface area contributed by atoms with Crippen LogP contribution in [0.25, 0.3) is 0 Å². The first-order valence-corrected chi connectivity index (χ1v) is 5.91. The topological polar surface area (TPSA) is 64.9 Å². The molecule has 4 nitrogen and oxygen atoms in total. The number of anilines is 1.